The molecule has 0 radical (unpaired) electrons. The van der Waals surface area contributed by atoms with Crippen LogP contribution in [0.5, 0.6) is 0 Å². The molecule has 23 heavy (non-hydrogen) atoms. The van der Waals surface area contributed by atoms with E-state index in [0.29, 0.717) is 24.3 Å². The Morgan fingerprint density at radius 3 is 2.78 bits per heavy atom. The van der Waals surface area contributed by atoms with E-state index in [4.69, 9.17) is 5.26 Å². The van der Waals surface area contributed by atoms with Gasteiger partial charge < -0.3 is 10.0 Å². The second-order valence-electron chi connectivity index (χ2n) is 5.40. The Morgan fingerprint density at radius 2 is 2.17 bits per heavy atom. The van der Waals surface area contributed by atoms with Crippen molar-refractivity contribution in [2.45, 2.75) is 18.2 Å². The second-order valence-corrected chi connectivity index (χ2v) is 5.40. The summed E-state index contributed by atoms with van der Waals surface area (Å²) < 4.78 is 38.2. The molecule has 2 N–H and O–H groups in total. The number of benzene rings is 1. The zero-order valence-electron chi connectivity index (χ0n) is 11.8. The van der Waals surface area contributed by atoms with E-state index in [-0.39, 0.29) is 12.1 Å². The molecule has 0 spiro atoms. The first-order chi connectivity index (χ1) is 10.8. The normalized spacial score (nSPS) is 21.4. The third-order valence-corrected chi connectivity index (χ3v) is 3.92. The van der Waals surface area contributed by atoms with Crippen molar-refractivity contribution in [1.82, 2.24) is 15.4 Å². The lowest BCUT2D eigenvalue weighted by Crippen LogP contribution is -2.31. The van der Waals surface area contributed by atoms with Crippen LogP contribution in [-0.2, 0) is 11.8 Å². The SMILES string of the molecule is N#Cc1cc(C(F)(F)F)ccc1N1CC[C@@](O)(c2cn[nH]n2)C1. The zero-order chi connectivity index (χ0) is 16.7. The van der Waals surface area contributed by atoms with Crippen LogP contribution < -0.4 is 4.90 Å². The van der Waals surface area contributed by atoms with Crippen LogP contribution >= 0.6 is 0 Å². The molecule has 120 valence electrons. The number of hydrogen-bond acceptors (Lipinski definition) is 5. The molecule has 0 bridgehead atoms. The molecule has 9 heteroatoms. The third kappa shape index (κ3) is 2.73. The van der Waals surface area contributed by atoms with E-state index < -0.39 is 17.3 Å². The molecule has 2 heterocycles. The van der Waals surface area contributed by atoms with Crippen molar-refractivity contribution in [3.63, 3.8) is 0 Å². The molecule has 6 nitrogen and oxygen atoms in total. The van der Waals surface area contributed by atoms with Gasteiger partial charge in [0.15, 0.2) is 0 Å². The molecular formula is C14H12F3N5O. The van der Waals surface area contributed by atoms with Crippen LogP contribution in [0.1, 0.15) is 23.2 Å². The minimum atomic E-state index is -4.50. The van der Waals surface area contributed by atoms with E-state index in [2.05, 4.69) is 15.4 Å². The number of hydrogen-bond donors (Lipinski definition) is 2. The predicted molar refractivity (Wildman–Crippen MR) is 73.3 cm³/mol. The number of aromatic nitrogens is 3. The number of nitrogens with one attached hydrogen (secondary N) is 1. The fourth-order valence-electron chi connectivity index (χ4n) is 2.71. The summed E-state index contributed by atoms with van der Waals surface area (Å²) in [7, 11) is 0. The van der Waals surface area contributed by atoms with E-state index in [1.807, 2.05) is 0 Å². The van der Waals surface area contributed by atoms with Crippen molar-refractivity contribution < 1.29 is 18.3 Å². The topological polar surface area (TPSA) is 88.8 Å². The Morgan fingerprint density at radius 1 is 1.39 bits per heavy atom. The Labute approximate surface area is 129 Å². The first-order valence-electron chi connectivity index (χ1n) is 6.78. The zero-order valence-corrected chi connectivity index (χ0v) is 11.8. The van der Waals surface area contributed by atoms with Crippen LogP contribution in [0.4, 0.5) is 18.9 Å². The lowest BCUT2D eigenvalue weighted by atomic mass is 10.00. The summed E-state index contributed by atoms with van der Waals surface area (Å²) in [5.74, 6) is 0. The number of alkyl halides is 3. The molecular weight excluding hydrogens is 311 g/mol. The predicted octanol–water partition coefficient (Wildman–Crippen LogP) is 1.79. The Bertz CT molecular complexity index is 753. The molecule has 1 aliphatic rings. The highest BCUT2D eigenvalue weighted by Gasteiger charge is 2.41. The maximum atomic E-state index is 12.7. The minimum Gasteiger partial charge on any atom is -0.381 e. The van der Waals surface area contributed by atoms with Crippen LogP contribution in [0.25, 0.3) is 0 Å². The van der Waals surface area contributed by atoms with Crippen molar-refractivity contribution in [2.75, 3.05) is 18.0 Å². The molecule has 1 fully saturated rings. The van der Waals surface area contributed by atoms with Gasteiger partial charge in [-0.15, -0.1) is 0 Å². The van der Waals surface area contributed by atoms with E-state index in [1.165, 1.54) is 12.3 Å². The maximum Gasteiger partial charge on any atom is 0.416 e. The van der Waals surface area contributed by atoms with Gasteiger partial charge in [-0.3, -0.25) is 0 Å². The summed E-state index contributed by atoms with van der Waals surface area (Å²) in [5, 5.41) is 29.7. The lowest BCUT2D eigenvalue weighted by molar-refractivity contribution is -0.137. The molecule has 3 rings (SSSR count). The maximum absolute atomic E-state index is 12.7. The van der Waals surface area contributed by atoms with Crippen LogP contribution in [0.15, 0.2) is 24.4 Å². The number of aromatic amines is 1. The first-order valence-corrected chi connectivity index (χ1v) is 6.78. The van der Waals surface area contributed by atoms with Gasteiger partial charge in [0.25, 0.3) is 0 Å². The fraction of sp³-hybridized carbons (Fsp3) is 0.357. The van der Waals surface area contributed by atoms with Crippen molar-refractivity contribution in [3.8, 4) is 6.07 Å². The number of anilines is 1. The molecule has 1 saturated heterocycles. The minimum absolute atomic E-state index is 0.0794. The fourth-order valence-corrected chi connectivity index (χ4v) is 2.71. The monoisotopic (exact) mass is 323 g/mol. The van der Waals surface area contributed by atoms with Crippen molar-refractivity contribution >= 4 is 5.69 Å². The summed E-state index contributed by atoms with van der Waals surface area (Å²) in [6.07, 6.45) is -2.76. The standard InChI is InChI=1S/C14H12F3N5O/c15-14(16,17)10-1-2-11(9(5-10)6-18)22-4-3-13(23,8-22)12-7-19-21-20-12/h1-2,5,7,23H,3-4,8H2,(H,19,20,21)/t13-/m0/s1. The first kappa shape index (κ1) is 15.3. The number of nitrogens with zero attached hydrogens (tertiary/aromatic N) is 4. The highest BCUT2D eigenvalue weighted by molar-refractivity contribution is 5.61. The number of rotatable bonds is 2. The molecule has 1 aliphatic heterocycles. The lowest BCUT2D eigenvalue weighted by Gasteiger charge is -2.23. The molecule has 0 aliphatic carbocycles. The highest BCUT2D eigenvalue weighted by atomic mass is 19.4. The number of H-pyrrole nitrogens is 1. The summed E-state index contributed by atoms with van der Waals surface area (Å²) in [5.41, 5.74) is -1.47. The van der Waals surface area contributed by atoms with Gasteiger partial charge in [-0.1, -0.05) is 0 Å². The van der Waals surface area contributed by atoms with Crippen molar-refractivity contribution in [2.24, 2.45) is 0 Å². The van der Waals surface area contributed by atoms with E-state index in [9.17, 15) is 18.3 Å². The third-order valence-electron chi connectivity index (χ3n) is 3.92. The van der Waals surface area contributed by atoms with Crippen LogP contribution in [0, 0.1) is 11.3 Å². The number of aliphatic hydroxyl groups is 1. The van der Waals surface area contributed by atoms with Gasteiger partial charge in [0, 0.05) is 13.0 Å². The van der Waals surface area contributed by atoms with E-state index >= 15 is 0 Å². The molecule has 0 amide bonds. The van der Waals surface area contributed by atoms with Crippen LogP contribution in [0.2, 0.25) is 0 Å². The molecule has 2 aromatic rings. The van der Waals surface area contributed by atoms with Gasteiger partial charge in [0.2, 0.25) is 0 Å². The summed E-state index contributed by atoms with van der Waals surface area (Å²) in [6, 6.07) is 4.81. The van der Waals surface area contributed by atoms with Gasteiger partial charge in [0.1, 0.15) is 17.4 Å². The summed E-state index contributed by atoms with van der Waals surface area (Å²) in [4.78, 5) is 1.67. The molecule has 1 aromatic carbocycles. The van der Waals surface area contributed by atoms with Gasteiger partial charge in [-0.05, 0) is 18.2 Å². The molecule has 0 unspecified atom stereocenters. The number of nitriles is 1. The van der Waals surface area contributed by atoms with E-state index in [1.54, 1.807) is 11.0 Å². The Kier molecular flexibility index (Phi) is 3.49. The summed E-state index contributed by atoms with van der Waals surface area (Å²) >= 11 is 0. The largest absolute Gasteiger partial charge is 0.416 e. The van der Waals surface area contributed by atoms with Crippen LogP contribution in [0.3, 0.4) is 0 Å². The van der Waals surface area contributed by atoms with Gasteiger partial charge in [-0.25, -0.2) is 0 Å². The Hall–Kier alpha value is -2.60. The van der Waals surface area contributed by atoms with Gasteiger partial charge in [-0.2, -0.15) is 33.8 Å². The molecule has 1 aromatic heterocycles. The van der Waals surface area contributed by atoms with Crippen LogP contribution in [-0.4, -0.2) is 33.6 Å². The molecule has 0 saturated carbocycles. The average Bonchev–Trinajstić information content (AvgIpc) is 3.16. The number of halogens is 3. The van der Waals surface area contributed by atoms with Gasteiger partial charge >= 0.3 is 6.18 Å². The Balaban J connectivity index is 1.90. The van der Waals surface area contributed by atoms with E-state index in [0.717, 1.165) is 12.1 Å². The average molecular weight is 323 g/mol. The van der Waals surface area contributed by atoms with Crippen molar-refractivity contribution in [3.05, 3.63) is 41.2 Å². The summed E-state index contributed by atoms with van der Waals surface area (Å²) in [6.45, 7) is 0.517. The molecule has 1 atom stereocenters. The van der Waals surface area contributed by atoms with Gasteiger partial charge in [0.05, 0.1) is 29.6 Å². The number of β-amino-alcohol motifs (C(OH)–C–C–N with tert-alkyl or cyclic N) is 1. The van der Waals surface area contributed by atoms with Crippen molar-refractivity contribution in [1.29, 1.82) is 5.26 Å². The second kappa shape index (κ2) is 5.24. The highest BCUT2D eigenvalue weighted by Crippen LogP contribution is 2.37. The quantitative estimate of drug-likeness (QED) is 0.879. The smallest absolute Gasteiger partial charge is 0.381 e.